The zero-order valence-electron chi connectivity index (χ0n) is 16.5. The van der Waals surface area contributed by atoms with Gasteiger partial charge in [-0.3, -0.25) is 0 Å². The first-order chi connectivity index (χ1) is 12.1. The molecule has 142 valence electrons. The van der Waals surface area contributed by atoms with Crippen LogP contribution < -0.4 is 5.32 Å². The Morgan fingerprint density at radius 1 is 1.12 bits per heavy atom. The van der Waals surface area contributed by atoms with Crippen LogP contribution in [0.4, 0.5) is 0 Å². The average molecular weight is 348 g/mol. The molecule has 5 heteroatoms. The van der Waals surface area contributed by atoms with Crippen molar-refractivity contribution in [2.75, 3.05) is 46.3 Å². The number of rotatable bonds is 8. The van der Waals surface area contributed by atoms with Gasteiger partial charge in [0.15, 0.2) is 0 Å². The Morgan fingerprint density at radius 3 is 2.52 bits per heavy atom. The van der Waals surface area contributed by atoms with Gasteiger partial charge in [0, 0.05) is 32.0 Å². The second-order valence-electron chi connectivity index (χ2n) is 8.64. The van der Waals surface area contributed by atoms with Gasteiger partial charge in [0.1, 0.15) is 5.82 Å². The standard InChI is InChI=1S/C20H37N5/c1-18(2)16-23-11-5-20(6-12-23)7-13-24(17-20)9-4-10-25-14-8-22-19(25)15-21-3/h8,14,18,21H,4-7,9-13,15-17H2,1-3H3. The van der Waals surface area contributed by atoms with E-state index >= 15 is 0 Å². The van der Waals surface area contributed by atoms with Gasteiger partial charge in [-0.1, -0.05) is 13.8 Å². The predicted octanol–water partition coefficient (Wildman–Crippen LogP) is 2.44. The van der Waals surface area contributed by atoms with E-state index in [1.165, 1.54) is 65.0 Å². The van der Waals surface area contributed by atoms with Gasteiger partial charge in [-0.25, -0.2) is 4.98 Å². The number of aromatic nitrogens is 2. The maximum Gasteiger partial charge on any atom is 0.122 e. The SMILES string of the molecule is CNCc1nccn1CCCN1CCC2(CCN(CC(C)C)CC2)C1. The monoisotopic (exact) mass is 347 g/mol. The molecule has 2 aliphatic heterocycles. The Kier molecular flexibility index (Phi) is 6.53. The molecule has 1 aromatic rings. The topological polar surface area (TPSA) is 36.3 Å². The lowest BCUT2D eigenvalue weighted by Gasteiger charge is -2.40. The Labute approximate surface area is 153 Å². The maximum absolute atomic E-state index is 4.43. The van der Waals surface area contributed by atoms with Crippen LogP contribution in [0.3, 0.4) is 0 Å². The van der Waals surface area contributed by atoms with Crippen molar-refractivity contribution >= 4 is 0 Å². The van der Waals surface area contributed by atoms with Crippen molar-refractivity contribution in [3.05, 3.63) is 18.2 Å². The Bertz CT molecular complexity index is 516. The molecule has 0 aliphatic carbocycles. The van der Waals surface area contributed by atoms with Crippen molar-refractivity contribution in [1.29, 1.82) is 0 Å². The molecule has 0 radical (unpaired) electrons. The molecule has 5 nitrogen and oxygen atoms in total. The van der Waals surface area contributed by atoms with Crippen LogP contribution in [-0.4, -0.2) is 65.7 Å². The Morgan fingerprint density at radius 2 is 1.84 bits per heavy atom. The summed E-state index contributed by atoms with van der Waals surface area (Å²) in [6, 6.07) is 0. The number of imidazole rings is 1. The highest BCUT2D eigenvalue weighted by atomic mass is 15.2. The minimum atomic E-state index is 0.625. The second-order valence-corrected chi connectivity index (χ2v) is 8.64. The molecule has 1 spiro atoms. The zero-order valence-corrected chi connectivity index (χ0v) is 16.5. The summed E-state index contributed by atoms with van der Waals surface area (Å²) < 4.78 is 2.30. The van der Waals surface area contributed by atoms with Gasteiger partial charge in [-0.05, 0) is 70.2 Å². The molecular formula is C20H37N5. The minimum Gasteiger partial charge on any atom is -0.334 e. The van der Waals surface area contributed by atoms with E-state index in [9.17, 15) is 0 Å². The van der Waals surface area contributed by atoms with Gasteiger partial charge in [0.25, 0.3) is 0 Å². The van der Waals surface area contributed by atoms with Crippen molar-refractivity contribution in [1.82, 2.24) is 24.7 Å². The molecule has 2 fully saturated rings. The van der Waals surface area contributed by atoms with Crippen LogP contribution in [0, 0.1) is 11.3 Å². The van der Waals surface area contributed by atoms with E-state index in [1.54, 1.807) is 0 Å². The van der Waals surface area contributed by atoms with Crippen LogP contribution in [0.15, 0.2) is 12.4 Å². The van der Waals surface area contributed by atoms with E-state index < -0.39 is 0 Å². The molecular weight excluding hydrogens is 310 g/mol. The van der Waals surface area contributed by atoms with Crippen LogP contribution >= 0.6 is 0 Å². The van der Waals surface area contributed by atoms with Crippen LogP contribution in [0.2, 0.25) is 0 Å². The number of likely N-dealkylation sites (tertiary alicyclic amines) is 2. The van der Waals surface area contributed by atoms with Crippen LogP contribution in [0.5, 0.6) is 0 Å². The Balaban J connectivity index is 1.39. The third kappa shape index (κ3) is 5.05. The van der Waals surface area contributed by atoms with E-state index in [0.717, 1.165) is 24.8 Å². The van der Waals surface area contributed by atoms with Gasteiger partial charge in [0.2, 0.25) is 0 Å². The first-order valence-corrected chi connectivity index (χ1v) is 10.2. The van der Waals surface area contributed by atoms with Crippen molar-refractivity contribution in [3.63, 3.8) is 0 Å². The van der Waals surface area contributed by atoms with E-state index in [4.69, 9.17) is 0 Å². The normalized spacial score (nSPS) is 21.6. The summed E-state index contributed by atoms with van der Waals surface area (Å²) in [6.45, 7) is 14.4. The summed E-state index contributed by atoms with van der Waals surface area (Å²) in [5, 5.41) is 3.20. The molecule has 0 atom stereocenters. The number of nitrogens with one attached hydrogen (secondary N) is 1. The van der Waals surface area contributed by atoms with Crippen molar-refractivity contribution in [2.24, 2.45) is 11.3 Å². The highest BCUT2D eigenvalue weighted by molar-refractivity contribution is 4.94. The molecule has 0 unspecified atom stereocenters. The lowest BCUT2D eigenvalue weighted by atomic mass is 9.77. The summed E-state index contributed by atoms with van der Waals surface area (Å²) in [6.07, 6.45) is 9.49. The molecule has 3 rings (SSSR count). The third-order valence-corrected chi connectivity index (χ3v) is 6.07. The highest BCUT2D eigenvalue weighted by Gasteiger charge is 2.40. The first-order valence-electron chi connectivity index (χ1n) is 10.2. The lowest BCUT2D eigenvalue weighted by molar-refractivity contribution is 0.0989. The fourth-order valence-corrected chi connectivity index (χ4v) is 4.69. The lowest BCUT2D eigenvalue weighted by Crippen LogP contribution is -2.42. The summed E-state index contributed by atoms with van der Waals surface area (Å²) in [4.78, 5) is 9.83. The second kappa shape index (κ2) is 8.65. The molecule has 1 N–H and O–H groups in total. The average Bonchev–Trinajstić information content (AvgIpc) is 3.18. The number of piperidine rings is 1. The van der Waals surface area contributed by atoms with E-state index in [2.05, 4.69) is 44.7 Å². The highest BCUT2D eigenvalue weighted by Crippen LogP contribution is 2.40. The molecule has 2 aliphatic rings. The van der Waals surface area contributed by atoms with E-state index in [-0.39, 0.29) is 0 Å². The smallest absolute Gasteiger partial charge is 0.122 e. The first kappa shape index (κ1) is 18.9. The molecule has 0 saturated carbocycles. The van der Waals surface area contributed by atoms with E-state index in [1.807, 2.05) is 13.2 Å². The van der Waals surface area contributed by atoms with Crippen molar-refractivity contribution in [2.45, 2.75) is 52.6 Å². The van der Waals surface area contributed by atoms with Crippen molar-refractivity contribution < 1.29 is 0 Å². The molecule has 25 heavy (non-hydrogen) atoms. The third-order valence-electron chi connectivity index (χ3n) is 6.07. The van der Waals surface area contributed by atoms with Crippen molar-refractivity contribution in [3.8, 4) is 0 Å². The number of nitrogens with zero attached hydrogens (tertiary/aromatic N) is 4. The maximum atomic E-state index is 4.43. The summed E-state index contributed by atoms with van der Waals surface area (Å²) >= 11 is 0. The zero-order chi connectivity index (χ0) is 17.7. The molecule has 3 heterocycles. The predicted molar refractivity (Wildman–Crippen MR) is 104 cm³/mol. The van der Waals surface area contributed by atoms with Gasteiger partial charge in [-0.15, -0.1) is 0 Å². The van der Waals surface area contributed by atoms with Crippen LogP contribution in [0.1, 0.15) is 45.4 Å². The van der Waals surface area contributed by atoms with E-state index in [0.29, 0.717) is 5.41 Å². The number of hydrogen-bond donors (Lipinski definition) is 1. The fraction of sp³-hybridized carbons (Fsp3) is 0.850. The molecule has 2 saturated heterocycles. The van der Waals surface area contributed by atoms with Gasteiger partial charge in [-0.2, -0.15) is 0 Å². The van der Waals surface area contributed by atoms with Crippen LogP contribution in [0.25, 0.3) is 0 Å². The van der Waals surface area contributed by atoms with Gasteiger partial charge in [0.05, 0.1) is 6.54 Å². The Hall–Kier alpha value is -0.910. The van der Waals surface area contributed by atoms with Gasteiger partial charge < -0.3 is 19.7 Å². The van der Waals surface area contributed by atoms with Crippen LogP contribution in [-0.2, 0) is 13.1 Å². The quantitative estimate of drug-likeness (QED) is 0.784. The number of hydrogen-bond acceptors (Lipinski definition) is 4. The fourth-order valence-electron chi connectivity index (χ4n) is 4.69. The molecule has 0 amide bonds. The molecule has 0 aromatic carbocycles. The summed E-state index contributed by atoms with van der Waals surface area (Å²) in [5.41, 5.74) is 0.625. The summed E-state index contributed by atoms with van der Waals surface area (Å²) in [7, 11) is 1.98. The number of aryl methyl sites for hydroxylation is 1. The minimum absolute atomic E-state index is 0.625. The largest absolute Gasteiger partial charge is 0.334 e. The summed E-state index contributed by atoms with van der Waals surface area (Å²) in [5.74, 6) is 1.95. The molecule has 0 bridgehead atoms. The van der Waals surface area contributed by atoms with Gasteiger partial charge >= 0.3 is 0 Å². The molecule has 1 aromatic heterocycles.